The summed E-state index contributed by atoms with van der Waals surface area (Å²) in [6, 6.07) is 17.7. The smallest absolute Gasteiger partial charge is 0.244 e. The average Bonchev–Trinajstić information content (AvgIpc) is 2.83. The Hall–Kier alpha value is -2.40. The molecule has 2 aromatic carbocycles. The Balaban J connectivity index is 1.78. The van der Waals surface area contributed by atoms with Crippen LogP contribution in [0.5, 0.6) is 0 Å². The van der Waals surface area contributed by atoms with Crippen LogP contribution in [0, 0.1) is 0 Å². The highest BCUT2D eigenvalue weighted by molar-refractivity contribution is 7.16. The SMILES string of the molecule is Cn1/c(=N/NC(=O)Cc2ccccc2)sc2ccccc21. The molecule has 1 N–H and O–H groups in total. The van der Waals surface area contributed by atoms with Crippen molar-refractivity contribution in [1.29, 1.82) is 0 Å². The van der Waals surface area contributed by atoms with Gasteiger partial charge in [-0.05, 0) is 17.7 Å². The van der Waals surface area contributed by atoms with Gasteiger partial charge in [0.25, 0.3) is 0 Å². The topological polar surface area (TPSA) is 46.4 Å². The van der Waals surface area contributed by atoms with Crippen molar-refractivity contribution in [3.63, 3.8) is 0 Å². The van der Waals surface area contributed by atoms with Crippen molar-refractivity contribution < 1.29 is 4.79 Å². The molecule has 21 heavy (non-hydrogen) atoms. The minimum Gasteiger partial charge on any atom is -0.318 e. The standard InChI is InChI=1S/C16H15N3OS/c1-19-13-9-5-6-10-14(13)21-16(19)18-17-15(20)11-12-7-3-2-4-8-12/h2-10H,11H2,1H3,(H,17,20)/b18-16-. The number of aromatic nitrogens is 1. The lowest BCUT2D eigenvalue weighted by molar-refractivity contribution is -0.120. The number of carbonyl (C=O) groups is 1. The number of nitrogens with one attached hydrogen (secondary N) is 1. The largest absolute Gasteiger partial charge is 0.318 e. The van der Waals surface area contributed by atoms with E-state index in [4.69, 9.17) is 0 Å². The third-order valence-corrected chi connectivity index (χ3v) is 4.31. The van der Waals surface area contributed by atoms with Crippen LogP contribution in [-0.2, 0) is 18.3 Å². The number of hydrogen-bond acceptors (Lipinski definition) is 3. The van der Waals surface area contributed by atoms with Crippen molar-refractivity contribution in [3.05, 3.63) is 65.0 Å². The molecule has 0 unspecified atom stereocenters. The van der Waals surface area contributed by atoms with E-state index < -0.39 is 0 Å². The molecule has 1 heterocycles. The van der Waals surface area contributed by atoms with E-state index in [0.717, 1.165) is 20.6 Å². The van der Waals surface area contributed by atoms with E-state index in [-0.39, 0.29) is 5.91 Å². The number of hydrogen-bond donors (Lipinski definition) is 1. The molecule has 0 saturated carbocycles. The van der Waals surface area contributed by atoms with Gasteiger partial charge in [-0.15, -0.1) is 5.10 Å². The second-order valence-electron chi connectivity index (χ2n) is 4.72. The normalized spacial score (nSPS) is 11.8. The highest BCUT2D eigenvalue weighted by Gasteiger charge is 2.04. The predicted octanol–water partition coefficient (Wildman–Crippen LogP) is 2.41. The van der Waals surface area contributed by atoms with Gasteiger partial charge in [0.1, 0.15) is 0 Å². The third-order valence-electron chi connectivity index (χ3n) is 3.20. The molecule has 0 fully saturated rings. The molecule has 0 radical (unpaired) electrons. The highest BCUT2D eigenvalue weighted by atomic mass is 32.1. The molecule has 0 bridgehead atoms. The van der Waals surface area contributed by atoms with Crippen molar-refractivity contribution in [2.24, 2.45) is 12.1 Å². The van der Waals surface area contributed by atoms with Gasteiger partial charge < -0.3 is 4.57 Å². The number of nitrogens with zero attached hydrogens (tertiary/aromatic N) is 2. The molecular formula is C16H15N3OS. The molecule has 0 aliphatic carbocycles. The zero-order valence-electron chi connectivity index (χ0n) is 11.6. The van der Waals surface area contributed by atoms with E-state index in [2.05, 4.69) is 10.5 Å². The summed E-state index contributed by atoms with van der Waals surface area (Å²) < 4.78 is 3.12. The van der Waals surface area contributed by atoms with Crippen LogP contribution in [0.3, 0.4) is 0 Å². The lowest BCUT2D eigenvalue weighted by Crippen LogP contribution is -2.24. The summed E-state index contributed by atoms with van der Waals surface area (Å²) in [7, 11) is 1.95. The molecule has 0 aliphatic rings. The molecule has 106 valence electrons. The zero-order valence-corrected chi connectivity index (χ0v) is 12.4. The first-order valence-electron chi connectivity index (χ1n) is 6.65. The van der Waals surface area contributed by atoms with Crippen molar-refractivity contribution in [2.45, 2.75) is 6.42 Å². The van der Waals surface area contributed by atoms with Gasteiger partial charge in [0.2, 0.25) is 10.7 Å². The summed E-state index contributed by atoms with van der Waals surface area (Å²) in [6.45, 7) is 0. The summed E-state index contributed by atoms with van der Waals surface area (Å²) in [5, 5.41) is 4.22. The average molecular weight is 297 g/mol. The number of aryl methyl sites for hydroxylation is 1. The Labute approximate surface area is 126 Å². The summed E-state index contributed by atoms with van der Waals surface area (Å²) in [6.07, 6.45) is 0.332. The summed E-state index contributed by atoms with van der Waals surface area (Å²) in [5.74, 6) is -0.112. The second-order valence-corrected chi connectivity index (χ2v) is 5.73. The Morgan fingerprint density at radius 1 is 1.14 bits per heavy atom. The van der Waals surface area contributed by atoms with Crippen LogP contribution in [0.15, 0.2) is 59.7 Å². The van der Waals surface area contributed by atoms with E-state index in [1.807, 2.05) is 66.2 Å². The molecule has 0 atom stereocenters. The monoisotopic (exact) mass is 297 g/mol. The molecule has 0 saturated heterocycles. The van der Waals surface area contributed by atoms with Crippen LogP contribution in [0.2, 0.25) is 0 Å². The number of thiazole rings is 1. The Kier molecular flexibility index (Phi) is 3.83. The van der Waals surface area contributed by atoms with Crippen molar-refractivity contribution in [1.82, 2.24) is 9.99 Å². The molecule has 4 nitrogen and oxygen atoms in total. The Morgan fingerprint density at radius 3 is 2.62 bits per heavy atom. The van der Waals surface area contributed by atoms with E-state index >= 15 is 0 Å². The summed E-state index contributed by atoms with van der Waals surface area (Å²) in [5.41, 5.74) is 4.71. The van der Waals surface area contributed by atoms with Gasteiger partial charge in [0.15, 0.2) is 0 Å². The van der Waals surface area contributed by atoms with Crippen LogP contribution in [0.4, 0.5) is 0 Å². The molecule has 5 heteroatoms. The van der Waals surface area contributed by atoms with Gasteiger partial charge in [-0.1, -0.05) is 53.8 Å². The molecule has 1 amide bonds. The zero-order chi connectivity index (χ0) is 14.7. The van der Waals surface area contributed by atoms with Gasteiger partial charge in [0, 0.05) is 7.05 Å². The summed E-state index contributed by atoms with van der Waals surface area (Å²) in [4.78, 5) is 12.7. The highest BCUT2D eigenvalue weighted by Crippen LogP contribution is 2.14. The maximum absolute atomic E-state index is 11.9. The number of carbonyl (C=O) groups excluding carboxylic acids is 1. The maximum atomic E-state index is 11.9. The van der Waals surface area contributed by atoms with Crippen molar-refractivity contribution in [3.8, 4) is 0 Å². The molecule has 0 spiro atoms. The number of para-hydroxylation sites is 1. The van der Waals surface area contributed by atoms with Crippen LogP contribution in [0.25, 0.3) is 10.2 Å². The Morgan fingerprint density at radius 2 is 1.86 bits per heavy atom. The third kappa shape index (κ3) is 3.03. The van der Waals surface area contributed by atoms with Crippen molar-refractivity contribution in [2.75, 3.05) is 0 Å². The van der Waals surface area contributed by atoms with Crippen molar-refractivity contribution >= 4 is 27.5 Å². The fourth-order valence-electron chi connectivity index (χ4n) is 2.12. The quantitative estimate of drug-likeness (QED) is 0.741. The van der Waals surface area contributed by atoms with Gasteiger partial charge in [0.05, 0.1) is 16.6 Å². The minimum absolute atomic E-state index is 0.112. The van der Waals surface area contributed by atoms with Gasteiger partial charge in [-0.25, -0.2) is 5.43 Å². The van der Waals surface area contributed by atoms with Gasteiger partial charge in [-0.3, -0.25) is 4.79 Å². The van der Waals surface area contributed by atoms with Crippen LogP contribution in [-0.4, -0.2) is 10.5 Å². The van der Waals surface area contributed by atoms with E-state index in [1.54, 1.807) is 11.3 Å². The first-order chi connectivity index (χ1) is 10.2. The summed E-state index contributed by atoms with van der Waals surface area (Å²) >= 11 is 1.55. The minimum atomic E-state index is -0.112. The number of benzene rings is 2. The van der Waals surface area contributed by atoms with E-state index in [1.165, 1.54) is 0 Å². The molecular weight excluding hydrogens is 282 g/mol. The first-order valence-corrected chi connectivity index (χ1v) is 7.47. The Bertz CT molecular complexity index is 833. The number of fused-ring (bicyclic) bond motifs is 1. The molecule has 1 aromatic heterocycles. The van der Waals surface area contributed by atoms with Crippen LogP contribution < -0.4 is 10.2 Å². The maximum Gasteiger partial charge on any atom is 0.244 e. The predicted molar refractivity (Wildman–Crippen MR) is 84.6 cm³/mol. The lowest BCUT2D eigenvalue weighted by Gasteiger charge is -1.99. The molecule has 3 rings (SSSR count). The fraction of sp³-hybridized carbons (Fsp3) is 0.125. The van der Waals surface area contributed by atoms with Gasteiger partial charge >= 0.3 is 0 Å². The van der Waals surface area contributed by atoms with Crippen LogP contribution >= 0.6 is 11.3 Å². The number of rotatable bonds is 3. The van der Waals surface area contributed by atoms with Gasteiger partial charge in [-0.2, -0.15) is 0 Å². The number of amides is 1. The second kappa shape index (κ2) is 5.93. The fourth-order valence-corrected chi connectivity index (χ4v) is 3.10. The first kappa shape index (κ1) is 13.6. The lowest BCUT2D eigenvalue weighted by atomic mass is 10.1. The molecule has 0 aliphatic heterocycles. The van der Waals surface area contributed by atoms with E-state index in [9.17, 15) is 4.79 Å². The molecule has 3 aromatic rings. The van der Waals surface area contributed by atoms with E-state index in [0.29, 0.717) is 6.42 Å². The van der Waals surface area contributed by atoms with Crippen LogP contribution in [0.1, 0.15) is 5.56 Å².